The number of fused-ring (bicyclic) bond motifs is 4. The van der Waals surface area contributed by atoms with Crippen molar-refractivity contribution in [1.29, 1.82) is 0 Å². The number of rotatable bonds is 7. The summed E-state index contributed by atoms with van der Waals surface area (Å²) in [7, 11) is 1.64. The highest BCUT2D eigenvalue weighted by Crippen LogP contribution is 2.48. The third-order valence-electron chi connectivity index (χ3n) is 10.0. The number of nitrogens with two attached hydrogens (primary N) is 1. The van der Waals surface area contributed by atoms with Crippen LogP contribution in [0.3, 0.4) is 0 Å². The maximum Gasteiger partial charge on any atom is 0.417 e. The summed E-state index contributed by atoms with van der Waals surface area (Å²) >= 11 is 0. The van der Waals surface area contributed by atoms with Crippen molar-refractivity contribution in [3.8, 4) is 16.9 Å². The molecule has 3 aromatic heterocycles. The summed E-state index contributed by atoms with van der Waals surface area (Å²) in [4.78, 5) is 29.4. The number of carbonyl (C=O) groups excluding carboxylic acids is 2. The van der Waals surface area contributed by atoms with Gasteiger partial charge in [0.15, 0.2) is 17.4 Å². The van der Waals surface area contributed by atoms with E-state index in [2.05, 4.69) is 10.3 Å². The predicted molar refractivity (Wildman–Crippen MR) is 178 cm³/mol. The molecule has 0 unspecified atom stereocenters. The lowest BCUT2D eigenvalue weighted by Crippen LogP contribution is -2.93. The van der Waals surface area contributed by atoms with Crippen molar-refractivity contribution in [2.45, 2.75) is 56.9 Å². The monoisotopic (exact) mass is 745 g/mol. The summed E-state index contributed by atoms with van der Waals surface area (Å²) in [5, 5.41) is 13.4. The van der Waals surface area contributed by atoms with Crippen LogP contribution in [0.15, 0.2) is 54.7 Å². The number of H-pyrrole nitrogens is 1. The fourth-order valence-corrected chi connectivity index (χ4v) is 7.28. The van der Waals surface area contributed by atoms with Gasteiger partial charge in [-0.15, -0.1) is 0 Å². The third-order valence-corrected chi connectivity index (χ3v) is 10.0. The topological polar surface area (TPSA) is 116 Å². The fraction of sp³-hybridized carbons (Fsp3) is 0.324. The second-order valence-electron chi connectivity index (χ2n) is 13.4. The van der Waals surface area contributed by atoms with Gasteiger partial charge in [-0.3, -0.25) is 9.59 Å². The van der Waals surface area contributed by atoms with E-state index in [9.17, 15) is 36.6 Å². The van der Waals surface area contributed by atoms with Crippen molar-refractivity contribution in [2.24, 2.45) is 7.05 Å². The van der Waals surface area contributed by atoms with Gasteiger partial charge in [-0.1, -0.05) is 6.07 Å². The molecule has 2 aromatic carbocycles. The zero-order valence-electron chi connectivity index (χ0n) is 28.4. The van der Waals surface area contributed by atoms with E-state index in [1.54, 1.807) is 18.5 Å². The zero-order valence-corrected chi connectivity index (χ0v) is 28.4. The second-order valence-corrected chi connectivity index (χ2v) is 13.4. The van der Waals surface area contributed by atoms with Crippen molar-refractivity contribution in [3.05, 3.63) is 94.6 Å². The number of ketones is 1. The molecule has 1 amide bonds. The van der Waals surface area contributed by atoms with Gasteiger partial charge in [0.1, 0.15) is 23.4 Å². The average molecular weight is 746 g/mol. The van der Waals surface area contributed by atoms with Gasteiger partial charge in [0.05, 0.1) is 37.0 Å². The lowest BCUT2D eigenvalue weighted by atomic mass is 9.89. The van der Waals surface area contributed by atoms with E-state index in [0.29, 0.717) is 28.8 Å². The second kappa shape index (κ2) is 13.3. The number of ether oxygens (including phenoxy) is 1. The minimum atomic E-state index is -4.78. The van der Waals surface area contributed by atoms with Gasteiger partial charge in [0.25, 0.3) is 11.7 Å². The number of aliphatic hydroxyl groups excluding tert-OH is 1. The van der Waals surface area contributed by atoms with Crippen LogP contribution in [-0.2, 0) is 24.4 Å². The molecule has 5 aromatic rings. The quantitative estimate of drug-likeness (QED) is 0.0785. The first-order valence-corrected chi connectivity index (χ1v) is 16.9. The molecule has 9 nitrogen and oxygen atoms in total. The lowest BCUT2D eigenvalue weighted by molar-refractivity contribution is -0.694. The number of carbonyl (C=O) groups is 2. The van der Waals surface area contributed by atoms with Crippen LogP contribution in [0.25, 0.3) is 27.7 Å². The molecule has 4 heterocycles. The van der Waals surface area contributed by atoms with Crippen molar-refractivity contribution < 1.29 is 60.0 Å². The van der Waals surface area contributed by atoms with Gasteiger partial charge in [0.2, 0.25) is 17.2 Å². The first-order chi connectivity index (χ1) is 25.1. The number of nitrogens with zero attached hydrogens (tertiary/aromatic N) is 2. The first-order valence-electron chi connectivity index (χ1n) is 16.9. The Morgan fingerprint density at radius 1 is 1.19 bits per heavy atom. The number of imidazole rings is 1. The standard InChI is InChI=1S/C37H32F7N5O4/c1-18-46-31-26(48(18)2)17-22(37(42,43)44)29-21-6-5-12-49-27(16-19(32(21)49)9-13-53-34(29)31)33(51)20-14-23(38)30(24(39)15-20)47-28(50)8-4-11-45-25-7-3-10-36(40,41)35(25)52/h4-6,8,12,14-17,25,35,45,52H,3,7,9-11,13H2,1-2H3,(H,47,50,51)/p+2/b8-4+/t25-,35-/m1/s1. The molecule has 5 N–H and O–H groups in total. The van der Waals surface area contributed by atoms with E-state index < -0.39 is 70.8 Å². The summed E-state index contributed by atoms with van der Waals surface area (Å²) in [5.41, 5.74) is -0.863. The molecule has 0 radical (unpaired) electrons. The normalized spacial score (nSPS) is 18.5. The number of quaternary nitrogens is 1. The van der Waals surface area contributed by atoms with Gasteiger partial charge in [-0.25, -0.2) is 27.1 Å². The number of halogens is 7. The van der Waals surface area contributed by atoms with E-state index in [0.717, 1.165) is 24.3 Å². The first kappa shape index (κ1) is 36.2. The van der Waals surface area contributed by atoms with E-state index in [1.165, 1.54) is 40.2 Å². The zero-order chi connectivity index (χ0) is 38.0. The molecule has 2 atom stereocenters. The largest absolute Gasteiger partial charge is 0.488 e. The van der Waals surface area contributed by atoms with Crippen LogP contribution >= 0.6 is 0 Å². The number of aryl methyl sites for hydroxylation is 2. The summed E-state index contributed by atoms with van der Waals surface area (Å²) in [5.74, 6) is -6.87. The molecule has 0 bridgehead atoms. The number of nitrogens with one attached hydrogen (secondary N) is 2. The van der Waals surface area contributed by atoms with Crippen molar-refractivity contribution in [3.63, 3.8) is 0 Å². The number of benzene rings is 2. The Kier molecular flexibility index (Phi) is 9.09. The Morgan fingerprint density at radius 2 is 1.92 bits per heavy atom. The molecule has 1 aliphatic carbocycles. The Balaban J connectivity index is 1.18. The Labute approximate surface area is 297 Å². The highest BCUT2D eigenvalue weighted by atomic mass is 19.4. The highest BCUT2D eigenvalue weighted by Gasteiger charge is 2.48. The van der Waals surface area contributed by atoms with E-state index >= 15 is 8.78 Å². The van der Waals surface area contributed by atoms with Crippen LogP contribution in [0.1, 0.15) is 52.3 Å². The molecule has 278 valence electrons. The summed E-state index contributed by atoms with van der Waals surface area (Å²) in [6.45, 7) is 1.73. The van der Waals surface area contributed by atoms with Gasteiger partial charge >= 0.3 is 6.18 Å². The smallest absolute Gasteiger partial charge is 0.417 e. The summed E-state index contributed by atoms with van der Waals surface area (Å²) in [6, 6.07) is 6.19. The number of hydrogen-bond donors (Lipinski definition) is 4. The van der Waals surface area contributed by atoms with Crippen LogP contribution in [0.4, 0.5) is 36.4 Å². The minimum absolute atomic E-state index is 0.00813. The summed E-state index contributed by atoms with van der Waals surface area (Å²) < 4.78 is 111. The maximum absolute atomic E-state index is 15.3. The molecule has 0 saturated heterocycles. The number of alkyl halides is 5. The van der Waals surface area contributed by atoms with E-state index in [-0.39, 0.29) is 54.1 Å². The Morgan fingerprint density at radius 3 is 2.64 bits per heavy atom. The Bertz CT molecular complexity index is 2310. The number of anilines is 1. The van der Waals surface area contributed by atoms with Gasteiger partial charge in [-0.2, -0.15) is 13.2 Å². The van der Waals surface area contributed by atoms with Crippen molar-refractivity contribution in [2.75, 3.05) is 18.5 Å². The highest BCUT2D eigenvalue weighted by molar-refractivity contribution is 6.10. The maximum atomic E-state index is 15.3. The fourth-order valence-electron chi connectivity index (χ4n) is 7.28. The van der Waals surface area contributed by atoms with E-state index in [4.69, 9.17) is 4.74 Å². The molecule has 1 saturated carbocycles. The molecular formula is C37H34F7N5O4+2. The summed E-state index contributed by atoms with van der Waals surface area (Å²) in [6.07, 6.45) is -2.49. The average Bonchev–Trinajstić information content (AvgIpc) is 3.60. The van der Waals surface area contributed by atoms with E-state index in [1.807, 2.05) is 0 Å². The Hall–Kier alpha value is -5.22. The van der Waals surface area contributed by atoms with Crippen LogP contribution in [0.2, 0.25) is 0 Å². The number of pyridine rings is 1. The predicted octanol–water partition coefficient (Wildman–Crippen LogP) is 5.29. The number of aromatic nitrogens is 3. The molecule has 7 rings (SSSR count). The lowest BCUT2D eigenvalue weighted by Gasteiger charge is -2.32. The van der Waals surface area contributed by atoms with Crippen LogP contribution in [0.5, 0.6) is 5.75 Å². The number of aromatic amines is 1. The third kappa shape index (κ3) is 6.43. The molecule has 53 heavy (non-hydrogen) atoms. The SMILES string of the molecule is Cc1[nH]c2c3c(c(C(F)(F)F)cc2[n+]1C)-c1cccn2c(C(=O)c4cc(F)c(NC(=O)/C=C/C[NH2+][C@@H]5CCCC(F)(F)[C@@H]5O)c(F)c4)cc(c12)CCO3. The van der Waals surface area contributed by atoms with Gasteiger partial charge in [-0.05, 0) is 42.3 Å². The van der Waals surface area contributed by atoms with Crippen molar-refractivity contribution >= 4 is 33.9 Å². The number of amides is 1. The number of aliphatic hydroxyl groups is 1. The molecule has 2 aliphatic rings. The van der Waals surface area contributed by atoms with Crippen LogP contribution in [-0.4, -0.2) is 57.4 Å². The molecule has 1 fully saturated rings. The molecule has 1 aliphatic heterocycles. The molecule has 0 spiro atoms. The van der Waals surface area contributed by atoms with Crippen molar-refractivity contribution in [1.82, 2.24) is 9.38 Å². The number of hydrogen-bond acceptors (Lipinski definition) is 4. The molecular weight excluding hydrogens is 711 g/mol. The van der Waals surface area contributed by atoms with Gasteiger partial charge in [0, 0.05) is 61.2 Å². The van der Waals surface area contributed by atoms with Gasteiger partial charge < -0.3 is 24.9 Å². The van der Waals surface area contributed by atoms with Crippen LogP contribution in [0, 0.1) is 18.6 Å². The molecule has 16 heteroatoms. The minimum Gasteiger partial charge on any atom is -0.488 e. The van der Waals surface area contributed by atoms with Crippen LogP contribution < -0.4 is 19.9 Å².